The van der Waals surface area contributed by atoms with Crippen molar-refractivity contribution in [2.24, 2.45) is 5.10 Å². The number of aryl methyl sites for hydroxylation is 1. The van der Waals surface area contributed by atoms with Crippen LogP contribution in [0.25, 0.3) is 4.85 Å². The van der Waals surface area contributed by atoms with E-state index in [2.05, 4.69) is 20.7 Å². The molecule has 2 aromatic carbocycles. The molecule has 5 nitrogen and oxygen atoms in total. The summed E-state index contributed by atoms with van der Waals surface area (Å²) in [4.78, 5) is 15.6. The van der Waals surface area contributed by atoms with Crippen LogP contribution in [-0.2, 0) is 11.0 Å². The quantitative estimate of drug-likeness (QED) is 0.570. The Labute approximate surface area is 164 Å². The van der Waals surface area contributed by atoms with E-state index < -0.39 is 28.9 Å². The Bertz CT molecular complexity index is 1060. The van der Waals surface area contributed by atoms with Crippen LogP contribution in [0.1, 0.15) is 30.0 Å². The second kappa shape index (κ2) is 7.20. The van der Waals surface area contributed by atoms with Crippen LogP contribution in [0.4, 0.5) is 28.9 Å². The van der Waals surface area contributed by atoms with Gasteiger partial charge in [0.15, 0.2) is 5.69 Å². The van der Waals surface area contributed by atoms with Gasteiger partial charge < -0.3 is 5.32 Å². The summed E-state index contributed by atoms with van der Waals surface area (Å²) < 4.78 is 52.8. The molecule has 0 saturated heterocycles. The number of hydrogen-bond acceptors (Lipinski definition) is 3. The van der Waals surface area contributed by atoms with Gasteiger partial charge in [0.05, 0.1) is 17.8 Å². The highest BCUT2D eigenvalue weighted by Crippen LogP contribution is 2.38. The molecule has 2 aromatic rings. The number of benzene rings is 2. The molecule has 1 heterocycles. The Hall–Kier alpha value is -3.41. The molecule has 1 unspecified atom stereocenters. The van der Waals surface area contributed by atoms with Gasteiger partial charge in [-0.3, -0.25) is 10.2 Å². The molecule has 1 atom stereocenters. The molecule has 0 aliphatic carbocycles. The highest BCUT2D eigenvalue weighted by atomic mass is 19.4. The molecule has 1 aliphatic heterocycles. The van der Waals surface area contributed by atoms with Crippen molar-refractivity contribution in [2.45, 2.75) is 32.0 Å². The number of hydrogen-bond donors (Lipinski definition) is 2. The molecule has 0 fully saturated rings. The van der Waals surface area contributed by atoms with E-state index in [9.17, 15) is 22.4 Å². The lowest BCUT2D eigenvalue weighted by molar-refractivity contribution is -0.136. The lowest BCUT2D eigenvalue weighted by Gasteiger charge is -2.23. The molecule has 9 heteroatoms. The van der Waals surface area contributed by atoms with Crippen LogP contribution in [0, 0.1) is 19.3 Å². The minimum atomic E-state index is -4.72. The van der Waals surface area contributed by atoms with Crippen molar-refractivity contribution in [3.63, 3.8) is 0 Å². The Kier molecular flexibility index (Phi) is 5.05. The third kappa shape index (κ3) is 4.06. The van der Waals surface area contributed by atoms with Crippen LogP contribution in [0.5, 0.6) is 0 Å². The second-order valence-corrected chi connectivity index (χ2v) is 6.94. The molecule has 0 spiro atoms. The van der Waals surface area contributed by atoms with E-state index in [-0.39, 0.29) is 17.9 Å². The SMILES string of the molecule is [C-]#[N+]c1ccc(NC(=O)C2(C)CC(c3ccc(F)c(C)c3)=NN2)cc1C(F)(F)F. The molecule has 0 aromatic heterocycles. The maximum atomic E-state index is 13.5. The van der Waals surface area contributed by atoms with Crippen LogP contribution in [0.15, 0.2) is 41.5 Å². The molecule has 150 valence electrons. The average Bonchev–Trinajstić information content (AvgIpc) is 3.07. The lowest BCUT2D eigenvalue weighted by Crippen LogP contribution is -2.47. The number of nitrogens with zero attached hydrogens (tertiary/aromatic N) is 2. The van der Waals surface area contributed by atoms with E-state index in [0.29, 0.717) is 16.8 Å². The van der Waals surface area contributed by atoms with E-state index in [1.807, 2.05) is 0 Å². The Balaban J connectivity index is 1.78. The normalized spacial score (nSPS) is 18.6. The number of halogens is 4. The van der Waals surface area contributed by atoms with Crippen LogP contribution in [-0.4, -0.2) is 17.2 Å². The van der Waals surface area contributed by atoms with Crippen molar-refractivity contribution in [1.82, 2.24) is 5.43 Å². The molecule has 0 saturated carbocycles. The van der Waals surface area contributed by atoms with Crippen LogP contribution < -0.4 is 10.7 Å². The Morgan fingerprint density at radius 1 is 1.28 bits per heavy atom. The summed E-state index contributed by atoms with van der Waals surface area (Å²) in [5.74, 6) is -0.942. The predicted octanol–water partition coefficient (Wildman–Crippen LogP) is 4.80. The summed E-state index contributed by atoms with van der Waals surface area (Å²) in [6.07, 6.45) is -4.55. The molecule has 3 rings (SSSR count). The number of alkyl halides is 3. The number of anilines is 1. The third-order valence-electron chi connectivity index (χ3n) is 4.63. The lowest BCUT2D eigenvalue weighted by atomic mass is 9.92. The maximum absolute atomic E-state index is 13.5. The van der Waals surface area contributed by atoms with Crippen molar-refractivity contribution in [1.29, 1.82) is 0 Å². The van der Waals surface area contributed by atoms with Gasteiger partial charge in [-0.2, -0.15) is 18.3 Å². The van der Waals surface area contributed by atoms with Gasteiger partial charge in [0.25, 0.3) is 5.91 Å². The molecular formula is C20H16F4N4O. The van der Waals surface area contributed by atoms with Crippen molar-refractivity contribution >= 4 is 23.0 Å². The zero-order valence-electron chi connectivity index (χ0n) is 15.5. The van der Waals surface area contributed by atoms with Gasteiger partial charge >= 0.3 is 6.18 Å². The van der Waals surface area contributed by atoms with Gasteiger partial charge in [0, 0.05) is 12.1 Å². The van der Waals surface area contributed by atoms with Crippen molar-refractivity contribution in [3.05, 3.63) is 70.3 Å². The first-order chi connectivity index (χ1) is 13.5. The smallest absolute Gasteiger partial charge is 0.324 e. The highest BCUT2D eigenvalue weighted by Gasteiger charge is 2.39. The molecule has 0 radical (unpaired) electrons. The summed E-state index contributed by atoms with van der Waals surface area (Å²) in [5.41, 5.74) is 1.39. The van der Waals surface area contributed by atoms with E-state index in [1.54, 1.807) is 26.0 Å². The average molecular weight is 404 g/mol. The molecule has 1 aliphatic rings. The Morgan fingerprint density at radius 3 is 2.62 bits per heavy atom. The summed E-state index contributed by atoms with van der Waals surface area (Å²) in [5, 5.41) is 6.58. The molecule has 2 N–H and O–H groups in total. The zero-order chi connectivity index (χ0) is 21.4. The number of hydrazone groups is 1. The third-order valence-corrected chi connectivity index (χ3v) is 4.63. The predicted molar refractivity (Wildman–Crippen MR) is 100 cm³/mol. The van der Waals surface area contributed by atoms with Crippen molar-refractivity contribution in [3.8, 4) is 0 Å². The van der Waals surface area contributed by atoms with Gasteiger partial charge in [-0.05, 0) is 49.2 Å². The highest BCUT2D eigenvalue weighted by molar-refractivity contribution is 6.09. The summed E-state index contributed by atoms with van der Waals surface area (Å²) >= 11 is 0. The standard InChI is InChI=1S/C20H16F4N4O/c1-11-8-12(4-6-15(11)21)17-10-19(2,28-27-17)18(29)26-13-5-7-16(25-3)14(9-13)20(22,23)24/h4-9,28H,10H2,1-2H3,(H,26,29). The van der Waals surface area contributed by atoms with Crippen LogP contribution in [0.2, 0.25) is 0 Å². The van der Waals surface area contributed by atoms with Crippen LogP contribution in [0.3, 0.4) is 0 Å². The van der Waals surface area contributed by atoms with E-state index in [1.165, 1.54) is 12.1 Å². The van der Waals surface area contributed by atoms with E-state index >= 15 is 0 Å². The number of nitrogens with one attached hydrogen (secondary N) is 2. The number of rotatable bonds is 3. The second-order valence-electron chi connectivity index (χ2n) is 6.94. The van der Waals surface area contributed by atoms with Gasteiger partial charge in [0.2, 0.25) is 0 Å². The fourth-order valence-corrected chi connectivity index (χ4v) is 2.93. The summed E-state index contributed by atoms with van der Waals surface area (Å²) in [7, 11) is 0. The minimum Gasteiger partial charge on any atom is -0.324 e. The minimum absolute atomic E-state index is 0.0798. The maximum Gasteiger partial charge on any atom is 0.407 e. The fourth-order valence-electron chi connectivity index (χ4n) is 2.93. The fraction of sp³-hybridized carbons (Fsp3) is 0.250. The van der Waals surface area contributed by atoms with Gasteiger partial charge in [-0.25, -0.2) is 9.24 Å². The first kappa shape index (κ1) is 20.3. The first-order valence-corrected chi connectivity index (χ1v) is 8.54. The number of carbonyl (C=O) groups excluding carboxylic acids is 1. The van der Waals surface area contributed by atoms with E-state index in [0.717, 1.165) is 12.1 Å². The Morgan fingerprint density at radius 2 is 2.00 bits per heavy atom. The summed E-state index contributed by atoms with van der Waals surface area (Å²) in [6.45, 7) is 10.0. The van der Waals surface area contributed by atoms with Gasteiger partial charge in [-0.1, -0.05) is 12.1 Å². The van der Waals surface area contributed by atoms with Crippen molar-refractivity contribution in [2.75, 3.05) is 5.32 Å². The van der Waals surface area contributed by atoms with Gasteiger partial charge in [-0.15, -0.1) is 0 Å². The zero-order valence-corrected chi connectivity index (χ0v) is 15.5. The molecule has 1 amide bonds. The number of carbonyl (C=O) groups is 1. The molecular weight excluding hydrogens is 388 g/mol. The van der Waals surface area contributed by atoms with Crippen LogP contribution >= 0.6 is 0 Å². The van der Waals surface area contributed by atoms with Gasteiger partial charge in [0.1, 0.15) is 11.4 Å². The van der Waals surface area contributed by atoms with Crippen molar-refractivity contribution < 1.29 is 22.4 Å². The topological polar surface area (TPSA) is 57.9 Å². The first-order valence-electron chi connectivity index (χ1n) is 8.54. The molecule has 29 heavy (non-hydrogen) atoms. The number of amides is 1. The monoisotopic (exact) mass is 404 g/mol. The molecule has 0 bridgehead atoms. The largest absolute Gasteiger partial charge is 0.407 e. The van der Waals surface area contributed by atoms with E-state index in [4.69, 9.17) is 6.57 Å². The summed E-state index contributed by atoms with van der Waals surface area (Å²) in [6, 6.07) is 7.45.